The average Bonchev–Trinajstić information content (AvgIpc) is 2.83. The molecule has 1 atom stereocenters. The first-order chi connectivity index (χ1) is 15.9. The number of nitrogens with zero attached hydrogens (tertiary/aromatic N) is 1. The number of carbonyl (C=O) groups is 1. The number of fused-ring (bicyclic) bond motifs is 1. The van der Waals surface area contributed by atoms with E-state index in [4.69, 9.17) is 0 Å². The van der Waals surface area contributed by atoms with Crippen molar-refractivity contribution in [3.8, 4) is 0 Å². The second kappa shape index (κ2) is 10.1. The number of rotatable bonds is 7. The number of aryl methyl sites for hydroxylation is 1. The van der Waals surface area contributed by atoms with E-state index >= 15 is 0 Å². The summed E-state index contributed by atoms with van der Waals surface area (Å²) < 4.78 is 28.6. The molecule has 0 aromatic heterocycles. The Morgan fingerprint density at radius 1 is 1.03 bits per heavy atom. The van der Waals surface area contributed by atoms with Crippen LogP contribution in [0.25, 0.3) is 0 Å². The second-order valence-electron chi connectivity index (χ2n) is 8.22. The third kappa shape index (κ3) is 5.32. The number of nitrogens with one attached hydrogen (secondary N) is 1. The van der Waals surface area contributed by atoms with Crippen LogP contribution in [0.15, 0.2) is 82.6 Å². The van der Waals surface area contributed by atoms with Crippen LogP contribution in [0.1, 0.15) is 34.7 Å². The van der Waals surface area contributed by atoms with Crippen LogP contribution >= 0.6 is 11.8 Å². The van der Waals surface area contributed by atoms with Crippen LogP contribution in [0.5, 0.6) is 0 Å². The van der Waals surface area contributed by atoms with Gasteiger partial charge in [-0.2, -0.15) is 4.31 Å². The standard InChI is InChI=1S/C26H28N2O3S2/c1-19-7-13-23(14-8-19)33(30,31)28-16-15-21-5-3-4-6-24(21)25(28)17-26(29)27-18-20-9-11-22(32-2)12-10-20/h3-14,25H,15-18H2,1-2H3,(H,27,29)/t25-/m0/s1. The Morgan fingerprint density at radius 2 is 1.73 bits per heavy atom. The summed E-state index contributed by atoms with van der Waals surface area (Å²) in [7, 11) is -3.74. The van der Waals surface area contributed by atoms with Crippen LogP contribution in [0.3, 0.4) is 0 Å². The maximum atomic E-state index is 13.5. The molecule has 0 saturated heterocycles. The highest BCUT2D eigenvalue weighted by Crippen LogP contribution is 2.36. The van der Waals surface area contributed by atoms with Gasteiger partial charge in [-0.1, -0.05) is 54.1 Å². The molecule has 0 aliphatic carbocycles. The minimum Gasteiger partial charge on any atom is -0.352 e. The molecule has 1 N–H and O–H groups in total. The van der Waals surface area contributed by atoms with Gasteiger partial charge in [0.15, 0.2) is 0 Å². The van der Waals surface area contributed by atoms with Gasteiger partial charge in [-0.25, -0.2) is 8.42 Å². The van der Waals surface area contributed by atoms with Gasteiger partial charge in [0.05, 0.1) is 10.9 Å². The molecule has 0 saturated carbocycles. The lowest BCUT2D eigenvalue weighted by atomic mass is 9.92. The Bertz CT molecular complexity index is 1220. The predicted octanol–water partition coefficient (Wildman–Crippen LogP) is 4.71. The van der Waals surface area contributed by atoms with Gasteiger partial charge in [-0.3, -0.25) is 4.79 Å². The molecule has 33 heavy (non-hydrogen) atoms. The van der Waals surface area contributed by atoms with E-state index in [0.717, 1.165) is 22.3 Å². The van der Waals surface area contributed by atoms with Gasteiger partial charge in [0, 0.05) is 24.4 Å². The average molecular weight is 481 g/mol. The zero-order valence-corrected chi connectivity index (χ0v) is 20.5. The summed E-state index contributed by atoms with van der Waals surface area (Å²) >= 11 is 1.67. The predicted molar refractivity (Wildman–Crippen MR) is 133 cm³/mol. The summed E-state index contributed by atoms with van der Waals surface area (Å²) in [5, 5.41) is 2.97. The van der Waals surface area contributed by atoms with Crippen molar-refractivity contribution in [3.05, 3.63) is 95.1 Å². The molecule has 172 valence electrons. The smallest absolute Gasteiger partial charge is 0.243 e. The molecule has 0 bridgehead atoms. The van der Waals surface area contributed by atoms with Crippen LogP contribution in [0.2, 0.25) is 0 Å². The Balaban J connectivity index is 1.56. The fourth-order valence-corrected chi connectivity index (χ4v) is 6.18. The van der Waals surface area contributed by atoms with Crippen LogP contribution in [0.4, 0.5) is 0 Å². The highest BCUT2D eigenvalue weighted by molar-refractivity contribution is 7.98. The summed E-state index contributed by atoms with van der Waals surface area (Å²) in [6.07, 6.45) is 2.72. The topological polar surface area (TPSA) is 66.5 Å². The largest absolute Gasteiger partial charge is 0.352 e. The number of sulfonamides is 1. The van der Waals surface area contributed by atoms with Crippen molar-refractivity contribution in [3.63, 3.8) is 0 Å². The molecule has 1 amide bonds. The number of hydrogen-bond donors (Lipinski definition) is 1. The van der Waals surface area contributed by atoms with Crippen LogP contribution in [0, 0.1) is 6.92 Å². The Hall–Kier alpha value is -2.61. The highest BCUT2D eigenvalue weighted by Gasteiger charge is 2.37. The van der Waals surface area contributed by atoms with E-state index in [1.807, 2.05) is 61.7 Å². The second-order valence-corrected chi connectivity index (χ2v) is 11.0. The Labute approximate surface area is 200 Å². The van der Waals surface area contributed by atoms with E-state index in [1.165, 1.54) is 9.20 Å². The lowest BCUT2D eigenvalue weighted by Gasteiger charge is -2.36. The van der Waals surface area contributed by atoms with Crippen LogP contribution in [-0.2, 0) is 27.8 Å². The minimum atomic E-state index is -3.74. The summed E-state index contributed by atoms with van der Waals surface area (Å²) in [6, 6.07) is 22.2. The summed E-state index contributed by atoms with van der Waals surface area (Å²) in [6.45, 7) is 2.68. The summed E-state index contributed by atoms with van der Waals surface area (Å²) in [5.41, 5.74) is 4.01. The van der Waals surface area contributed by atoms with Crippen LogP contribution in [-0.4, -0.2) is 31.4 Å². The fraction of sp³-hybridized carbons (Fsp3) is 0.269. The van der Waals surface area contributed by atoms with Crippen molar-refractivity contribution in [1.29, 1.82) is 0 Å². The van der Waals surface area contributed by atoms with Gasteiger partial charge in [0.1, 0.15) is 0 Å². The van der Waals surface area contributed by atoms with E-state index in [-0.39, 0.29) is 17.2 Å². The van der Waals surface area contributed by atoms with E-state index in [2.05, 4.69) is 5.32 Å². The van der Waals surface area contributed by atoms with Gasteiger partial charge in [-0.05, 0) is 60.6 Å². The number of amides is 1. The molecule has 5 nitrogen and oxygen atoms in total. The van der Waals surface area contributed by atoms with Gasteiger partial charge in [-0.15, -0.1) is 11.8 Å². The van der Waals surface area contributed by atoms with Gasteiger partial charge in [0.2, 0.25) is 15.9 Å². The van der Waals surface area contributed by atoms with Gasteiger partial charge < -0.3 is 5.32 Å². The molecule has 0 unspecified atom stereocenters. The molecule has 1 aliphatic rings. The van der Waals surface area contributed by atoms with E-state index in [0.29, 0.717) is 19.5 Å². The van der Waals surface area contributed by atoms with Gasteiger partial charge >= 0.3 is 0 Å². The first-order valence-electron chi connectivity index (χ1n) is 10.9. The lowest BCUT2D eigenvalue weighted by Crippen LogP contribution is -2.42. The molecular formula is C26H28N2O3S2. The minimum absolute atomic E-state index is 0.0744. The van der Waals surface area contributed by atoms with Crippen molar-refractivity contribution in [2.75, 3.05) is 12.8 Å². The number of carbonyl (C=O) groups excluding carboxylic acids is 1. The van der Waals surface area contributed by atoms with E-state index < -0.39 is 16.1 Å². The van der Waals surface area contributed by atoms with Crippen molar-refractivity contribution < 1.29 is 13.2 Å². The molecule has 3 aromatic carbocycles. The normalized spacial score (nSPS) is 16.2. The number of hydrogen-bond acceptors (Lipinski definition) is 4. The zero-order chi connectivity index (χ0) is 23.4. The number of thioether (sulfide) groups is 1. The quantitative estimate of drug-likeness (QED) is 0.497. The first-order valence-corrected chi connectivity index (χ1v) is 13.6. The van der Waals surface area contributed by atoms with Crippen LogP contribution < -0.4 is 5.32 Å². The Kier molecular flexibility index (Phi) is 7.22. The first kappa shape index (κ1) is 23.5. The molecule has 7 heteroatoms. The molecule has 3 aromatic rings. The Morgan fingerprint density at radius 3 is 2.42 bits per heavy atom. The SMILES string of the molecule is CSc1ccc(CNC(=O)C[C@H]2c3ccccc3CCN2S(=O)(=O)c2ccc(C)cc2)cc1. The van der Waals surface area contributed by atoms with Crippen molar-refractivity contribution in [1.82, 2.24) is 9.62 Å². The maximum Gasteiger partial charge on any atom is 0.243 e. The molecule has 4 rings (SSSR count). The monoisotopic (exact) mass is 480 g/mol. The van der Waals surface area contributed by atoms with Gasteiger partial charge in [0.25, 0.3) is 0 Å². The molecule has 1 aliphatic heterocycles. The summed E-state index contributed by atoms with van der Waals surface area (Å²) in [5.74, 6) is -0.172. The molecule has 1 heterocycles. The maximum absolute atomic E-state index is 13.5. The molecule has 0 spiro atoms. The summed E-state index contributed by atoms with van der Waals surface area (Å²) in [4.78, 5) is 14.4. The van der Waals surface area contributed by atoms with Crippen molar-refractivity contribution in [2.24, 2.45) is 0 Å². The molecule has 0 fully saturated rings. The molecular weight excluding hydrogens is 452 g/mol. The van der Waals surface area contributed by atoms with E-state index in [1.54, 1.807) is 36.0 Å². The lowest BCUT2D eigenvalue weighted by molar-refractivity contribution is -0.122. The molecule has 0 radical (unpaired) electrons. The highest BCUT2D eigenvalue weighted by atomic mass is 32.2. The third-order valence-corrected chi connectivity index (χ3v) is 8.68. The fourth-order valence-electron chi connectivity index (χ4n) is 4.17. The number of benzene rings is 3. The zero-order valence-electron chi connectivity index (χ0n) is 18.8. The van der Waals surface area contributed by atoms with E-state index in [9.17, 15) is 13.2 Å². The van der Waals surface area contributed by atoms with Crippen molar-refractivity contribution >= 4 is 27.7 Å². The van der Waals surface area contributed by atoms with Crippen molar-refractivity contribution in [2.45, 2.75) is 42.1 Å². The third-order valence-electron chi connectivity index (χ3n) is 6.02.